The Hall–Kier alpha value is -5.19. The Morgan fingerprint density at radius 1 is 1.06 bits per heavy atom. The lowest BCUT2D eigenvalue weighted by molar-refractivity contribution is -0.135. The molecule has 1 aliphatic heterocycles. The summed E-state index contributed by atoms with van der Waals surface area (Å²) in [6.07, 6.45) is -0.681. The monoisotopic (exact) mass is 733 g/mol. The summed E-state index contributed by atoms with van der Waals surface area (Å²) >= 11 is 6.39. The third-order valence-corrected chi connectivity index (χ3v) is 8.40. The molecular weight excluding hydrogens is 701 g/mol. The van der Waals surface area contributed by atoms with Gasteiger partial charge in [-0.25, -0.2) is 32.9 Å². The van der Waals surface area contributed by atoms with Crippen LogP contribution in [-0.2, 0) is 15.1 Å². The molecule has 0 bridgehead atoms. The van der Waals surface area contributed by atoms with Crippen LogP contribution in [0.25, 0.3) is 22.8 Å². The molecule has 0 aliphatic carbocycles. The first-order valence-corrected chi connectivity index (χ1v) is 15.8. The summed E-state index contributed by atoms with van der Waals surface area (Å²) in [6.45, 7) is 0.874. The van der Waals surface area contributed by atoms with E-state index in [2.05, 4.69) is 30.7 Å². The molecule has 2 aromatic heterocycles. The Kier molecular flexibility index (Phi) is 10.3. The largest absolute Gasteiger partial charge is 0.447 e. The number of hydrogen-bond donors (Lipinski definition) is 3. The fourth-order valence-corrected chi connectivity index (χ4v) is 5.86. The minimum Gasteiger partial charge on any atom is -0.447 e. The van der Waals surface area contributed by atoms with Gasteiger partial charge in [-0.2, -0.15) is 18.6 Å². The van der Waals surface area contributed by atoms with Gasteiger partial charge in [-0.05, 0) is 57.0 Å². The molecule has 5 rings (SSSR count). The molecule has 0 saturated carbocycles. The van der Waals surface area contributed by atoms with Crippen LogP contribution >= 0.6 is 11.6 Å². The number of halogens is 6. The Bertz CT molecular complexity index is 1910. The third-order valence-electron chi connectivity index (χ3n) is 8.07. The van der Waals surface area contributed by atoms with E-state index in [0.29, 0.717) is 16.1 Å². The molecule has 12 nitrogen and oxygen atoms in total. The van der Waals surface area contributed by atoms with Crippen molar-refractivity contribution in [2.24, 2.45) is 0 Å². The number of nitrogens with zero attached hydrogens (tertiary/aromatic N) is 6. The van der Waals surface area contributed by atoms with Crippen LogP contribution in [0.4, 0.5) is 26.7 Å². The van der Waals surface area contributed by atoms with Crippen molar-refractivity contribution in [2.45, 2.75) is 69.9 Å². The van der Waals surface area contributed by atoms with Crippen molar-refractivity contribution in [1.82, 2.24) is 40.3 Å². The van der Waals surface area contributed by atoms with Crippen LogP contribution in [-0.4, -0.2) is 71.8 Å². The summed E-state index contributed by atoms with van der Waals surface area (Å²) in [4.78, 5) is 40.7. The van der Waals surface area contributed by atoms with Crippen molar-refractivity contribution in [3.05, 3.63) is 83.4 Å². The fraction of sp³-hybridized carbons (Fsp3) is 0.364. The molecule has 1 aliphatic rings. The third kappa shape index (κ3) is 7.77. The van der Waals surface area contributed by atoms with Crippen molar-refractivity contribution in [1.29, 1.82) is 5.41 Å². The van der Waals surface area contributed by atoms with Gasteiger partial charge in [-0.1, -0.05) is 41.9 Å². The maximum absolute atomic E-state index is 15.6. The van der Waals surface area contributed by atoms with Gasteiger partial charge >= 0.3 is 12.6 Å². The molecule has 0 unspecified atom stereocenters. The normalized spacial score (nSPS) is 17.2. The SMILES string of the molecule is CC(C)(F)C[C@]1(c2ccc(-c3ncccn3)cc2)NC(=N)N([C@H](COC(=O)NC(C)(C)C(F)F)c2ccc(Cl)c(-c3ncnn3C(F)F)c2)C1=O. The van der Waals surface area contributed by atoms with Crippen LogP contribution < -0.4 is 10.6 Å². The first kappa shape index (κ1) is 37.1. The second-order valence-electron chi connectivity index (χ2n) is 12.9. The van der Waals surface area contributed by atoms with Gasteiger partial charge in [-0.15, -0.1) is 0 Å². The summed E-state index contributed by atoms with van der Waals surface area (Å²) in [5.74, 6) is -1.27. The van der Waals surface area contributed by atoms with E-state index in [1.54, 1.807) is 42.7 Å². The summed E-state index contributed by atoms with van der Waals surface area (Å²) < 4.78 is 75.8. The molecule has 3 heterocycles. The average molecular weight is 734 g/mol. The van der Waals surface area contributed by atoms with Gasteiger partial charge in [0.05, 0.1) is 16.6 Å². The van der Waals surface area contributed by atoms with Gasteiger partial charge in [0.2, 0.25) is 0 Å². The van der Waals surface area contributed by atoms with Gasteiger partial charge in [0.25, 0.3) is 12.3 Å². The number of rotatable bonds is 12. The smallest absolute Gasteiger partial charge is 0.407 e. The fourth-order valence-electron chi connectivity index (χ4n) is 5.66. The topological polar surface area (TPSA) is 151 Å². The average Bonchev–Trinajstić information content (AvgIpc) is 3.65. The first-order valence-electron chi connectivity index (χ1n) is 15.4. The number of guanidine groups is 1. The van der Waals surface area contributed by atoms with Crippen LogP contribution in [0.1, 0.15) is 57.8 Å². The van der Waals surface area contributed by atoms with Crippen molar-refractivity contribution in [3.63, 3.8) is 0 Å². The molecule has 4 aromatic rings. The number of carbonyl (C=O) groups excluding carboxylic acids is 2. The molecule has 18 heteroatoms. The first-order chi connectivity index (χ1) is 23.9. The van der Waals surface area contributed by atoms with Crippen LogP contribution in [0.3, 0.4) is 0 Å². The molecule has 270 valence electrons. The van der Waals surface area contributed by atoms with Crippen LogP contribution in [0.2, 0.25) is 5.02 Å². The number of nitrogens with one attached hydrogen (secondary N) is 3. The van der Waals surface area contributed by atoms with Crippen molar-refractivity contribution < 1.29 is 36.3 Å². The number of aromatic nitrogens is 5. The van der Waals surface area contributed by atoms with Gasteiger partial charge in [-0.3, -0.25) is 15.1 Å². The molecular formula is C33H33ClF5N9O3. The van der Waals surface area contributed by atoms with Crippen LogP contribution in [0, 0.1) is 5.41 Å². The lowest BCUT2D eigenvalue weighted by Crippen LogP contribution is -2.50. The number of alkyl carbamates (subject to hydrolysis) is 1. The zero-order chi connectivity index (χ0) is 37.3. The van der Waals surface area contributed by atoms with E-state index in [1.807, 2.05) is 0 Å². The molecule has 2 aromatic carbocycles. The second kappa shape index (κ2) is 14.2. The zero-order valence-corrected chi connectivity index (χ0v) is 28.4. The highest BCUT2D eigenvalue weighted by Gasteiger charge is 2.55. The summed E-state index contributed by atoms with van der Waals surface area (Å²) in [5, 5.41) is 17.4. The quantitative estimate of drug-likeness (QED) is 0.137. The maximum Gasteiger partial charge on any atom is 0.407 e. The number of benzene rings is 2. The molecule has 51 heavy (non-hydrogen) atoms. The Morgan fingerprint density at radius 2 is 1.73 bits per heavy atom. The predicted molar refractivity (Wildman–Crippen MR) is 176 cm³/mol. The number of alkyl halides is 5. The molecule has 0 spiro atoms. The highest BCUT2D eigenvalue weighted by atomic mass is 35.5. The highest BCUT2D eigenvalue weighted by Crippen LogP contribution is 2.42. The van der Waals surface area contributed by atoms with E-state index in [-0.39, 0.29) is 27.5 Å². The lowest BCUT2D eigenvalue weighted by atomic mass is 9.80. The van der Waals surface area contributed by atoms with Crippen LogP contribution in [0.5, 0.6) is 0 Å². The van der Waals surface area contributed by atoms with Gasteiger partial charge in [0.15, 0.2) is 17.6 Å². The second-order valence-corrected chi connectivity index (χ2v) is 13.3. The summed E-state index contributed by atoms with van der Waals surface area (Å²) in [7, 11) is 0. The van der Waals surface area contributed by atoms with E-state index in [0.717, 1.165) is 25.1 Å². The summed E-state index contributed by atoms with van der Waals surface area (Å²) in [6, 6.07) is 10.7. The van der Waals surface area contributed by atoms with E-state index in [4.69, 9.17) is 21.7 Å². The molecule has 3 N–H and O–H groups in total. The number of amides is 2. The zero-order valence-electron chi connectivity index (χ0n) is 27.7. The number of carbonyl (C=O) groups is 2. The van der Waals surface area contributed by atoms with Crippen LogP contribution in [0.15, 0.2) is 67.3 Å². The highest BCUT2D eigenvalue weighted by molar-refractivity contribution is 6.33. The predicted octanol–water partition coefficient (Wildman–Crippen LogP) is 6.66. The van der Waals surface area contributed by atoms with Gasteiger partial charge < -0.3 is 15.4 Å². The van der Waals surface area contributed by atoms with E-state index in [9.17, 15) is 27.2 Å². The molecule has 2 amide bonds. The minimum absolute atomic E-state index is 0.0262. The lowest BCUT2D eigenvalue weighted by Gasteiger charge is -2.33. The number of ether oxygens (including phenoxy) is 1. The molecule has 1 saturated heterocycles. The Balaban J connectivity index is 1.59. The Labute approximate surface area is 293 Å². The van der Waals surface area contributed by atoms with E-state index in [1.165, 1.54) is 32.0 Å². The molecule has 1 fully saturated rings. The maximum atomic E-state index is 15.6. The minimum atomic E-state index is -3.09. The van der Waals surface area contributed by atoms with E-state index >= 15 is 4.39 Å². The number of hydrogen-bond acceptors (Lipinski definition) is 8. The molecule has 2 atom stereocenters. The van der Waals surface area contributed by atoms with Crippen molar-refractivity contribution in [3.8, 4) is 22.8 Å². The standard InChI is InChI=1S/C33H33ClF5N9O3/c1-31(2,39)16-33(20-9-6-18(7-10-20)24-41-12-5-13-42-24)27(49)47(29(40)45-33)23(15-51-30(50)46-32(3,4)26(35)36)19-8-11-22(34)21(14-19)25-43-17-44-48(25)28(37)38/h5-14,17,23,26,28H,15-16H2,1-4H3,(H2,40,45)(H,46,50)/t23-,33-/m1/s1. The molecule has 0 radical (unpaired) electrons. The van der Waals surface area contributed by atoms with Crippen molar-refractivity contribution >= 4 is 29.6 Å². The van der Waals surface area contributed by atoms with Gasteiger partial charge in [0, 0.05) is 29.9 Å². The van der Waals surface area contributed by atoms with Gasteiger partial charge in [0.1, 0.15) is 24.1 Å². The summed E-state index contributed by atoms with van der Waals surface area (Å²) in [5.41, 5.74) is -4.87. The van der Waals surface area contributed by atoms with E-state index < -0.39 is 66.8 Å². The van der Waals surface area contributed by atoms with Crippen molar-refractivity contribution in [2.75, 3.05) is 6.61 Å². The Morgan fingerprint density at radius 3 is 2.33 bits per heavy atom.